The van der Waals surface area contributed by atoms with Crippen molar-refractivity contribution < 1.29 is 9.90 Å². The fraction of sp³-hybridized carbons (Fsp3) is 0.294. The third-order valence-corrected chi connectivity index (χ3v) is 4.73. The molecule has 0 saturated heterocycles. The van der Waals surface area contributed by atoms with Gasteiger partial charge in [-0.15, -0.1) is 0 Å². The van der Waals surface area contributed by atoms with Gasteiger partial charge in [-0.1, -0.05) is 18.2 Å². The Kier molecular flexibility index (Phi) is 2.46. The molecule has 0 bridgehead atoms. The maximum Gasteiger partial charge on any atom is 0.312 e. The van der Waals surface area contributed by atoms with Crippen LogP contribution in [0.1, 0.15) is 36.4 Å². The molecule has 1 aromatic carbocycles. The lowest BCUT2D eigenvalue weighted by atomic mass is 9.74. The fourth-order valence-electron chi connectivity index (χ4n) is 3.91. The van der Waals surface area contributed by atoms with E-state index in [1.54, 1.807) is 0 Å². The van der Waals surface area contributed by atoms with Crippen molar-refractivity contribution in [1.82, 2.24) is 4.98 Å². The van der Waals surface area contributed by atoms with Gasteiger partial charge >= 0.3 is 5.97 Å². The molecule has 2 aromatic rings. The molecule has 1 aromatic heterocycles. The second kappa shape index (κ2) is 4.23. The number of benzene rings is 1. The highest BCUT2D eigenvalue weighted by Crippen LogP contribution is 2.51. The van der Waals surface area contributed by atoms with E-state index in [-0.39, 0.29) is 0 Å². The number of allylic oxidation sites excluding steroid dienone is 2. The minimum absolute atomic E-state index is 0.535. The number of carbonyl (C=O) groups is 1. The molecule has 0 saturated carbocycles. The number of H-pyrrole nitrogens is 1. The Morgan fingerprint density at radius 1 is 1.33 bits per heavy atom. The summed E-state index contributed by atoms with van der Waals surface area (Å²) in [5.74, 6) is -2.21. The largest absolute Gasteiger partial charge is 0.481 e. The summed E-state index contributed by atoms with van der Waals surface area (Å²) in [6.07, 6.45) is 2.77. The number of aromatic nitrogens is 1. The Morgan fingerprint density at radius 3 is 2.90 bits per heavy atom. The average molecular weight is 278 g/mol. The molecule has 0 spiro atoms. The number of aliphatic carboxylic acids is 1. The normalized spacial score (nSPS) is 23.8. The van der Waals surface area contributed by atoms with E-state index in [1.807, 2.05) is 24.3 Å². The first kappa shape index (κ1) is 12.2. The molecule has 1 heterocycles. The minimum Gasteiger partial charge on any atom is -0.481 e. The van der Waals surface area contributed by atoms with Crippen LogP contribution in [0.4, 0.5) is 0 Å². The summed E-state index contributed by atoms with van der Waals surface area (Å²) < 4.78 is 0. The first-order valence-corrected chi connectivity index (χ1v) is 7.17. The average Bonchev–Trinajstić information content (AvgIpc) is 3.09. The van der Waals surface area contributed by atoms with E-state index < -0.39 is 17.8 Å². The van der Waals surface area contributed by atoms with Gasteiger partial charge in [-0.3, -0.25) is 4.79 Å². The van der Waals surface area contributed by atoms with Crippen molar-refractivity contribution in [3.63, 3.8) is 0 Å². The zero-order valence-electron chi connectivity index (χ0n) is 11.4. The molecule has 0 radical (unpaired) electrons. The number of carboxylic acid groups (broad SMARTS) is 1. The third kappa shape index (κ3) is 1.52. The van der Waals surface area contributed by atoms with Crippen LogP contribution < -0.4 is 0 Å². The molecule has 2 aliphatic carbocycles. The number of rotatable bonds is 1. The highest BCUT2D eigenvalue weighted by molar-refractivity contribution is 5.97. The first-order chi connectivity index (χ1) is 10.2. The maximum atomic E-state index is 11.8. The van der Waals surface area contributed by atoms with E-state index in [4.69, 9.17) is 0 Å². The van der Waals surface area contributed by atoms with Gasteiger partial charge in [-0.2, -0.15) is 5.26 Å². The van der Waals surface area contributed by atoms with Crippen molar-refractivity contribution in [2.75, 3.05) is 0 Å². The molecular weight excluding hydrogens is 264 g/mol. The second-order valence-corrected chi connectivity index (χ2v) is 5.74. The zero-order valence-corrected chi connectivity index (χ0v) is 11.4. The number of fused-ring (bicyclic) bond motifs is 4. The molecule has 104 valence electrons. The summed E-state index contributed by atoms with van der Waals surface area (Å²) in [6.45, 7) is 0. The maximum absolute atomic E-state index is 11.8. The van der Waals surface area contributed by atoms with Gasteiger partial charge in [0.1, 0.15) is 5.92 Å². The van der Waals surface area contributed by atoms with E-state index in [0.717, 1.165) is 47.0 Å². The van der Waals surface area contributed by atoms with Gasteiger partial charge in [0, 0.05) is 22.2 Å². The first-order valence-electron chi connectivity index (χ1n) is 7.17. The van der Waals surface area contributed by atoms with Gasteiger partial charge < -0.3 is 10.1 Å². The van der Waals surface area contributed by atoms with Gasteiger partial charge in [0.15, 0.2) is 0 Å². The molecule has 4 nitrogen and oxygen atoms in total. The van der Waals surface area contributed by atoms with Crippen LogP contribution in [0.2, 0.25) is 0 Å². The fourth-order valence-corrected chi connectivity index (χ4v) is 3.91. The summed E-state index contributed by atoms with van der Waals surface area (Å²) in [5.41, 5.74) is 4.90. The molecule has 0 amide bonds. The van der Waals surface area contributed by atoms with Gasteiger partial charge in [-0.25, -0.2) is 0 Å². The van der Waals surface area contributed by atoms with Crippen molar-refractivity contribution in [2.45, 2.75) is 25.2 Å². The number of aromatic amines is 1. The lowest BCUT2D eigenvalue weighted by Crippen LogP contribution is -2.26. The number of nitrogens with one attached hydrogen (secondary N) is 1. The molecule has 21 heavy (non-hydrogen) atoms. The topological polar surface area (TPSA) is 76.9 Å². The van der Waals surface area contributed by atoms with Crippen LogP contribution in [0.5, 0.6) is 0 Å². The van der Waals surface area contributed by atoms with Gasteiger partial charge in [0.2, 0.25) is 0 Å². The molecular formula is C17H14N2O2. The van der Waals surface area contributed by atoms with Crippen molar-refractivity contribution >= 4 is 22.4 Å². The quantitative estimate of drug-likeness (QED) is 0.839. The number of nitrogens with zero attached hydrogens (tertiary/aromatic N) is 1. The lowest BCUT2D eigenvalue weighted by Gasteiger charge is -2.26. The van der Waals surface area contributed by atoms with Crippen molar-refractivity contribution in [3.8, 4) is 6.07 Å². The van der Waals surface area contributed by atoms with Crippen LogP contribution >= 0.6 is 0 Å². The molecule has 2 atom stereocenters. The number of carboxylic acids is 1. The van der Waals surface area contributed by atoms with Crippen molar-refractivity contribution in [2.24, 2.45) is 5.92 Å². The van der Waals surface area contributed by atoms with E-state index in [0.29, 0.717) is 0 Å². The van der Waals surface area contributed by atoms with Crippen LogP contribution in [-0.4, -0.2) is 16.1 Å². The van der Waals surface area contributed by atoms with Crippen LogP contribution in [-0.2, 0) is 4.79 Å². The predicted octanol–water partition coefficient (Wildman–Crippen LogP) is 3.43. The summed E-state index contributed by atoms with van der Waals surface area (Å²) in [6, 6.07) is 10.00. The van der Waals surface area contributed by atoms with E-state index in [9.17, 15) is 15.2 Å². The summed E-state index contributed by atoms with van der Waals surface area (Å²) in [5, 5.41) is 20.2. The van der Waals surface area contributed by atoms with Gasteiger partial charge in [-0.05, 0) is 36.5 Å². The Balaban J connectivity index is 2.09. The Morgan fingerprint density at radius 2 is 2.14 bits per heavy atom. The molecule has 4 rings (SSSR count). The monoisotopic (exact) mass is 278 g/mol. The van der Waals surface area contributed by atoms with Crippen molar-refractivity contribution in [3.05, 3.63) is 41.1 Å². The zero-order chi connectivity index (χ0) is 14.6. The summed E-state index contributed by atoms with van der Waals surface area (Å²) in [7, 11) is 0. The molecule has 0 fully saturated rings. The van der Waals surface area contributed by atoms with Crippen LogP contribution in [0, 0.1) is 17.2 Å². The molecule has 2 unspecified atom stereocenters. The molecule has 4 heteroatoms. The SMILES string of the molecule is N#CC1C2=C(CCC2)c2[nH]c3ccccc3c2C1C(=O)O. The second-order valence-electron chi connectivity index (χ2n) is 5.74. The van der Waals surface area contributed by atoms with Crippen LogP contribution in [0.3, 0.4) is 0 Å². The highest BCUT2D eigenvalue weighted by atomic mass is 16.4. The number of hydrogen-bond acceptors (Lipinski definition) is 2. The number of hydrogen-bond donors (Lipinski definition) is 2. The Labute approximate surface area is 121 Å². The standard InChI is InChI=1S/C17H14N2O2/c18-8-12-9-5-3-6-10(9)16-14(15(12)17(20)21)11-4-1-2-7-13(11)19-16/h1-2,4,7,12,15,19H,3,5-6H2,(H,20,21). The predicted molar refractivity (Wildman–Crippen MR) is 78.5 cm³/mol. The van der Waals surface area contributed by atoms with E-state index in [1.165, 1.54) is 5.57 Å². The molecule has 2 aliphatic rings. The minimum atomic E-state index is -0.911. The van der Waals surface area contributed by atoms with Crippen LogP contribution in [0.15, 0.2) is 29.8 Å². The Bertz CT molecular complexity index is 838. The number of para-hydroxylation sites is 1. The Hall–Kier alpha value is -2.54. The third-order valence-electron chi connectivity index (χ3n) is 4.73. The van der Waals surface area contributed by atoms with E-state index in [2.05, 4.69) is 11.1 Å². The molecule has 0 aliphatic heterocycles. The van der Waals surface area contributed by atoms with Gasteiger partial charge in [0.05, 0.1) is 12.0 Å². The highest BCUT2D eigenvalue weighted by Gasteiger charge is 2.43. The van der Waals surface area contributed by atoms with E-state index >= 15 is 0 Å². The van der Waals surface area contributed by atoms with Gasteiger partial charge in [0.25, 0.3) is 0 Å². The summed E-state index contributed by atoms with van der Waals surface area (Å²) >= 11 is 0. The molecule has 2 N–H and O–H groups in total. The van der Waals surface area contributed by atoms with Crippen LogP contribution in [0.25, 0.3) is 16.5 Å². The lowest BCUT2D eigenvalue weighted by molar-refractivity contribution is -0.139. The van der Waals surface area contributed by atoms with Crippen molar-refractivity contribution in [1.29, 1.82) is 5.26 Å². The summed E-state index contributed by atoms with van der Waals surface area (Å²) in [4.78, 5) is 15.2. The number of nitriles is 1. The smallest absolute Gasteiger partial charge is 0.312 e.